The number of nitrogens with zero attached hydrogens (tertiary/aromatic N) is 1. The van der Waals surface area contributed by atoms with Crippen molar-refractivity contribution in [3.63, 3.8) is 0 Å². The fraction of sp³-hybridized carbons (Fsp3) is 0.704. The van der Waals surface area contributed by atoms with Crippen LogP contribution in [0.5, 0.6) is 0 Å². The SMILES string of the molecule is COC(=O)[C@H]1[C@@H]2C[C@@H](OC3O[C@H](C)[C@@H](O)[C@H](N(CCCN)CCCN)[C@@H]3O)/C=C/C=C/C=C/C=C/C=C/C=C/C=C/[C@H](C)[C@@H](O)[C@@H](C)[C@H](C)OC(=O)C[C@H](O)C[C@H](O)CC[C@@H](O)[C@H](O)C[C@H](O)C[C@](O)(C[C@@H]1O)O2. The number of nitrogens with two attached hydrogens (primary N) is 2. The summed E-state index contributed by atoms with van der Waals surface area (Å²) in [5.41, 5.74) is 11.7. The maximum atomic E-state index is 13.3. The molecule has 2 bridgehead atoms. The van der Waals surface area contributed by atoms with Crippen LogP contribution in [0, 0.1) is 17.8 Å². The molecule has 422 valence electrons. The van der Waals surface area contributed by atoms with Crippen molar-refractivity contribution >= 4 is 11.9 Å². The van der Waals surface area contributed by atoms with Gasteiger partial charge in [-0.05, 0) is 72.1 Å². The summed E-state index contributed by atoms with van der Waals surface area (Å²) in [4.78, 5) is 27.9. The summed E-state index contributed by atoms with van der Waals surface area (Å²) in [5.74, 6) is -5.98. The first kappa shape index (κ1) is 64.8. The summed E-state index contributed by atoms with van der Waals surface area (Å²) in [6.45, 7) is 8.52. The average molecular weight is 1050 g/mol. The van der Waals surface area contributed by atoms with Crippen molar-refractivity contribution in [1.82, 2.24) is 4.90 Å². The van der Waals surface area contributed by atoms with Gasteiger partial charge in [0.25, 0.3) is 0 Å². The Labute approximate surface area is 437 Å². The summed E-state index contributed by atoms with van der Waals surface area (Å²) >= 11 is 0. The van der Waals surface area contributed by atoms with Crippen molar-refractivity contribution in [2.75, 3.05) is 33.3 Å². The molecule has 0 aromatic heterocycles. The van der Waals surface area contributed by atoms with Crippen LogP contribution < -0.4 is 11.5 Å². The van der Waals surface area contributed by atoms with Gasteiger partial charge in [0.1, 0.15) is 18.1 Å². The molecule has 3 aliphatic rings. The van der Waals surface area contributed by atoms with Crippen molar-refractivity contribution in [2.24, 2.45) is 29.2 Å². The monoisotopic (exact) mass is 1050 g/mol. The lowest BCUT2D eigenvalue weighted by Gasteiger charge is -2.47. The van der Waals surface area contributed by atoms with E-state index in [2.05, 4.69) is 0 Å². The van der Waals surface area contributed by atoms with Gasteiger partial charge in [0.05, 0.1) is 86.7 Å². The van der Waals surface area contributed by atoms with Crippen molar-refractivity contribution in [1.29, 1.82) is 0 Å². The highest BCUT2D eigenvalue weighted by molar-refractivity contribution is 5.74. The number of carbonyl (C=O) groups is 2. The molecule has 74 heavy (non-hydrogen) atoms. The summed E-state index contributed by atoms with van der Waals surface area (Å²) in [5, 5.41) is 112. The topological polar surface area (TPSA) is 338 Å². The molecule has 20 heteroatoms. The van der Waals surface area contributed by atoms with Crippen molar-refractivity contribution in [2.45, 2.75) is 189 Å². The van der Waals surface area contributed by atoms with Crippen LogP contribution in [0.4, 0.5) is 0 Å². The Morgan fingerprint density at radius 1 is 0.676 bits per heavy atom. The molecule has 3 heterocycles. The fourth-order valence-electron chi connectivity index (χ4n) is 9.47. The van der Waals surface area contributed by atoms with Gasteiger partial charge >= 0.3 is 11.9 Å². The van der Waals surface area contributed by atoms with E-state index in [-0.39, 0.29) is 31.6 Å². The number of hydrogen-bond donors (Lipinski definition) is 12. The minimum absolute atomic E-state index is 0.0993. The van der Waals surface area contributed by atoms with Gasteiger partial charge in [-0.25, -0.2) is 0 Å². The molecule has 20 nitrogen and oxygen atoms in total. The molecular weight excluding hydrogens is 963 g/mol. The zero-order valence-electron chi connectivity index (χ0n) is 43.8. The number of ether oxygens (including phenoxy) is 5. The predicted octanol–water partition coefficient (Wildman–Crippen LogP) is 0.841. The lowest BCUT2D eigenvalue weighted by molar-refractivity contribution is -0.312. The molecule has 0 spiro atoms. The van der Waals surface area contributed by atoms with Gasteiger partial charge in [0, 0.05) is 37.5 Å². The molecule has 14 N–H and O–H groups in total. The van der Waals surface area contributed by atoms with Gasteiger partial charge in [-0.15, -0.1) is 0 Å². The van der Waals surface area contributed by atoms with Crippen LogP contribution in [0.2, 0.25) is 0 Å². The predicted molar refractivity (Wildman–Crippen MR) is 276 cm³/mol. The third-order valence-electron chi connectivity index (χ3n) is 13.8. The number of hydrogen-bond acceptors (Lipinski definition) is 20. The van der Waals surface area contributed by atoms with Gasteiger partial charge in [0.2, 0.25) is 0 Å². The molecular formula is C54H89N3O17. The summed E-state index contributed by atoms with van der Waals surface area (Å²) < 4.78 is 29.3. The number of carbonyl (C=O) groups excluding carboxylic acids is 2. The molecule has 0 radical (unpaired) electrons. The minimum atomic E-state index is -2.29. The molecule has 0 aromatic carbocycles. The number of fused-ring (bicyclic) bond motifs is 2. The first-order valence-corrected chi connectivity index (χ1v) is 26.1. The number of aliphatic hydroxyl groups excluding tert-OH is 9. The lowest BCUT2D eigenvalue weighted by Crippen LogP contribution is -2.64. The molecule has 3 rings (SSSR count). The van der Waals surface area contributed by atoms with Crippen LogP contribution in [-0.2, 0) is 33.3 Å². The maximum absolute atomic E-state index is 13.3. The molecule has 0 amide bonds. The third-order valence-corrected chi connectivity index (χ3v) is 13.8. The number of allylic oxidation sites excluding steroid dienone is 12. The Kier molecular flexibility index (Phi) is 29.4. The van der Waals surface area contributed by atoms with Crippen LogP contribution in [0.15, 0.2) is 85.1 Å². The summed E-state index contributed by atoms with van der Waals surface area (Å²) in [6.07, 6.45) is 5.90. The smallest absolute Gasteiger partial charge is 0.313 e. The van der Waals surface area contributed by atoms with Gasteiger partial charge in [0.15, 0.2) is 12.1 Å². The van der Waals surface area contributed by atoms with Crippen molar-refractivity contribution < 1.29 is 84.3 Å². The van der Waals surface area contributed by atoms with E-state index < -0.39 is 147 Å². The molecule has 3 aliphatic heterocycles. The van der Waals surface area contributed by atoms with Crippen LogP contribution in [0.3, 0.4) is 0 Å². The van der Waals surface area contributed by atoms with E-state index in [4.69, 9.17) is 35.2 Å². The number of cyclic esters (lactones) is 1. The highest BCUT2D eigenvalue weighted by Gasteiger charge is 2.52. The summed E-state index contributed by atoms with van der Waals surface area (Å²) in [7, 11) is 1.13. The number of methoxy groups -OCH3 is 1. The molecule has 0 aromatic rings. The van der Waals surface area contributed by atoms with Gasteiger partial charge in [-0.3, -0.25) is 14.5 Å². The second-order valence-electron chi connectivity index (χ2n) is 20.0. The van der Waals surface area contributed by atoms with E-state index in [0.717, 1.165) is 7.11 Å². The van der Waals surface area contributed by atoms with Gasteiger partial charge in [-0.1, -0.05) is 98.9 Å². The molecule has 2 fully saturated rings. The number of aliphatic hydroxyl groups is 10. The summed E-state index contributed by atoms with van der Waals surface area (Å²) in [6, 6.07) is -0.848. The Bertz CT molecular complexity index is 1840. The number of rotatable bonds is 10. The zero-order chi connectivity index (χ0) is 55.0. The van der Waals surface area contributed by atoms with E-state index in [9.17, 15) is 60.7 Å². The first-order valence-electron chi connectivity index (χ1n) is 26.1. The Balaban J connectivity index is 1.96. The fourth-order valence-corrected chi connectivity index (χ4v) is 9.47. The van der Waals surface area contributed by atoms with E-state index in [1.54, 1.807) is 63.3 Å². The molecule has 0 saturated carbocycles. The van der Waals surface area contributed by atoms with E-state index in [0.29, 0.717) is 39.0 Å². The first-order chi connectivity index (χ1) is 35.1. The second-order valence-corrected chi connectivity index (χ2v) is 20.0. The van der Waals surface area contributed by atoms with Crippen LogP contribution in [0.1, 0.15) is 91.9 Å². The van der Waals surface area contributed by atoms with Gasteiger partial charge < -0.3 is 86.2 Å². The van der Waals surface area contributed by atoms with Crippen LogP contribution >= 0.6 is 0 Å². The van der Waals surface area contributed by atoms with Crippen molar-refractivity contribution in [3.05, 3.63) is 85.1 Å². The normalized spacial score (nSPS) is 41.5. The molecule has 2 saturated heterocycles. The molecule has 19 atom stereocenters. The minimum Gasteiger partial charge on any atom is -0.469 e. The van der Waals surface area contributed by atoms with E-state index in [1.165, 1.54) is 0 Å². The Morgan fingerprint density at radius 3 is 1.81 bits per heavy atom. The third kappa shape index (κ3) is 21.8. The Hall–Kier alpha value is -3.52. The molecule has 1 unspecified atom stereocenters. The van der Waals surface area contributed by atoms with Crippen LogP contribution in [-0.4, -0.2) is 199 Å². The number of esters is 2. The highest BCUT2D eigenvalue weighted by Crippen LogP contribution is 2.39. The second kappa shape index (κ2) is 33.6. The van der Waals surface area contributed by atoms with Crippen LogP contribution in [0.25, 0.3) is 0 Å². The van der Waals surface area contributed by atoms with Crippen molar-refractivity contribution in [3.8, 4) is 0 Å². The molecule has 0 aliphatic carbocycles. The van der Waals surface area contributed by atoms with E-state index >= 15 is 0 Å². The largest absolute Gasteiger partial charge is 0.469 e. The quantitative estimate of drug-likeness (QED) is 0.135. The Morgan fingerprint density at radius 2 is 1.24 bits per heavy atom. The zero-order valence-corrected chi connectivity index (χ0v) is 43.8. The van der Waals surface area contributed by atoms with E-state index in [1.807, 2.05) is 54.4 Å². The highest BCUT2D eigenvalue weighted by atomic mass is 16.7. The standard InChI is InChI=1S/C54H89N3O17/c1-34-20-16-14-12-10-8-6-7-9-11-13-15-17-21-41(73-53-51(67)48(50(66)37(4)72-53)57(26-18-24-55)27-19-25-56)31-45-47(52(68)70-5)44(63)33-54(69,74-45)32-40(60)29-43(62)42(61)23-22-38(58)28-39(59)30-46(64)71-36(3)35(2)49(34)65/h6-17,20-21,34-45,47-51,53,58-63,65-67,69H,18-19,22-33,55-56H2,1-5H3/b7-6+,10-8+,11-9+,14-12+,15-13+,20-16+,21-17+/t34-,35-,36-,37+,38+,39+,40-,41-,42+,43+,44-,45-,47+,48-,49+,50+,51-,53?,54+/m0/s1. The lowest BCUT2D eigenvalue weighted by atomic mass is 9.82. The maximum Gasteiger partial charge on any atom is 0.313 e. The van der Waals surface area contributed by atoms with Gasteiger partial charge in [-0.2, -0.15) is 0 Å². The average Bonchev–Trinajstić information content (AvgIpc) is 3.33.